The summed E-state index contributed by atoms with van der Waals surface area (Å²) in [5.41, 5.74) is 1.95. The summed E-state index contributed by atoms with van der Waals surface area (Å²) >= 11 is 0. The van der Waals surface area contributed by atoms with Crippen molar-refractivity contribution < 1.29 is 0 Å². The molecule has 1 aliphatic carbocycles. The van der Waals surface area contributed by atoms with Crippen LogP contribution in [0.5, 0.6) is 0 Å². The van der Waals surface area contributed by atoms with Crippen LogP contribution in [0.4, 0.5) is 0 Å². The molecule has 2 rings (SSSR count). The molecule has 1 nitrogen and oxygen atoms in total. The standard InChI is InChI=1S/C18H31NSi/c1-18(2)12-6-7-16(13-18)19-14-15-8-10-17(11-9-15)20(3,4)5/h8-11,16,19H,6-7,12-14H2,1-5H3. The van der Waals surface area contributed by atoms with Gasteiger partial charge in [0.05, 0.1) is 8.07 Å². The Hall–Kier alpha value is -0.603. The van der Waals surface area contributed by atoms with Gasteiger partial charge in [0, 0.05) is 12.6 Å². The average molecular weight is 290 g/mol. The van der Waals surface area contributed by atoms with E-state index in [2.05, 4.69) is 63.1 Å². The second-order valence-electron chi connectivity index (χ2n) is 8.29. The zero-order chi connectivity index (χ0) is 14.8. The zero-order valence-electron chi connectivity index (χ0n) is 13.9. The molecule has 0 radical (unpaired) electrons. The first-order chi connectivity index (χ1) is 9.26. The lowest BCUT2D eigenvalue weighted by molar-refractivity contribution is 0.198. The maximum absolute atomic E-state index is 3.76. The molecule has 0 spiro atoms. The highest BCUT2D eigenvalue weighted by atomic mass is 28.3. The van der Waals surface area contributed by atoms with Crippen molar-refractivity contribution >= 4 is 13.3 Å². The van der Waals surface area contributed by atoms with E-state index in [0.717, 1.165) is 6.54 Å². The van der Waals surface area contributed by atoms with Crippen LogP contribution in [-0.4, -0.2) is 14.1 Å². The van der Waals surface area contributed by atoms with Crippen molar-refractivity contribution in [1.29, 1.82) is 0 Å². The molecular formula is C18H31NSi. The van der Waals surface area contributed by atoms with E-state index in [1.165, 1.54) is 31.2 Å². The molecule has 1 atom stereocenters. The molecule has 20 heavy (non-hydrogen) atoms. The van der Waals surface area contributed by atoms with Crippen LogP contribution in [0.3, 0.4) is 0 Å². The maximum Gasteiger partial charge on any atom is 0.0775 e. The van der Waals surface area contributed by atoms with Crippen molar-refractivity contribution in [1.82, 2.24) is 5.32 Å². The van der Waals surface area contributed by atoms with Gasteiger partial charge < -0.3 is 5.32 Å². The van der Waals surface area contributed by atoms with Gasteiger partial charge in [0.1, 0.15) is 0 Å². The Bertz CT molecular complexity index is 428. The molecule has 0 heterocycles. The Morgan fingerprint density at radius 1 is 1.15 bits per heavy atom. The normalized spacial score (nSPS) is 22.8. The van der Waals surface area contributed by atoms with Gasteiger partial charge in [-0.2, -0.15) is 0 Å². The molecule has 1 aromatic carbocycles. The van der Waals surface area contributed by atoms with Crippen LogP contribution in [0.25, 0.3) is 0 Å². The second-order valence-corrected chi connectivity index (χ2v) is 13.4. The quantitative estimate of drug-likeness (QED) is 0.815. The van der Waals surface area contributed by atoms with Crippen LogP contribution < -0.4 is 10.5 Å². The van der Waals surface area contributed by atoms with Crippen molar-refractivity contribution in [2.45, 2.75) is 71.8 Å². The molecule has 0 aliphatic heterocycles. The topological polar surface area (TPSA) is 12.0 Å². The van der Waals surface area contributed by atoms with Crippen molar-refractivity contribution in [3.8, 4) is 0 Å². The predicted molar refractivity (Wildman–Crippen MR) is 92.3 cm³/mol. The average Bonchev–Trinajstić information content (AvgIpc) is 2.35. The molecule has 1 unspecified atom stereocenters. The van der Waals surface area contributed by atoms with E-state index in [4.69, 9.17) is 0 Å². The summed E-state index contributed by atoms with van der Waals surface area (Å²) in [5.74, 6) is 0. The SMILES string of the molecule is CC1(C)CCCC(NCc2ccc([Si](C)(C)C)cc2)C1. The first-order valence-corrected chi connectivity index (χ1v) is 11.6. The van der Waals surface area contributed by atoms with Crippen LogP contribution in [0.15, 0.2) is 24.3 Å². The first kappa shape index (κ1) is 15.8. The highest BCUT2D eigenvalue weighted by Crippen LogP contribution is 2.35. The Morgan fingerprint density at radius 3 is 2.35 bits per heavy atom. The summed E-state index contributed by atoms with van der Waals surface area (Å²) in [4.78, 5) is 0. The minimum atomic E-state index is -1.15. The van der Waals surface area contributed by atoms with Crippen molar-refractivity contribution in [3.05, 3.63) is 29.8 Å². The predicted octanol–water partition coefficient (Wildman–Crippen LogP) is 4.29. The molecule has 0 aromatic heterocycles. The molecule has 1 saturated carbocycles. The lowest BCUT2D eigenvalue weighted by atomic mass is 9.75. The highest BCUT2D eigenvalue weighted by Gasteiger charge is 2.27. The van der Waals surface area contributed by atoms with Crippen molar-refractivity contribution in [2.24, 2.45) is 5.41 Å². The summed E-state index contributed by atoms with van der Waals surface area (Å²) in [6.45, 7) is 13.1. The van der Waals surface area contributed by atoms with E-state index >= 15 is 0 Å². The molecule has 2 heteroatoms. The Kier molecular flexibility index (Phi) is 4.75. The van der Waals surface area contributed by atoms with Crippen LogP contribution in [0.2, 0.25) is 19.6 Å². The third-order valence-corrected chi connectivity index (χ3v) is 6.69. The molecule has 0 saturated heterocycles. The van der Waals surface area contributed by atoms with Crippen LogP contribution in [0, 0.1) is 5.41 Å². The molecule has 1 aliphatic rings. The fourth-order valence-corrected chi connectivity index (χ4v) is 4.42. The smallest absolute Gasteiger partial charge is 0.0775 e. The summed E-state index contributed by atoms with van der Waals surface area (Å²) < 4.78 is 0. The van der Waals surface area contributed by atoms with Crippen LogP contribution in [0.1, 0.15) is 45.1 Å². The summed E-state index contributed by atoms with van der Waals surface area (Å²) in [7, 11) is -1.15. The van der Waals surface area contributed by atoms with Gasteiger partial charge in [-0.1, -0.05) is 69.4 Å². The number of rotatable bonds is 4. The Labute approximate surface area is 126 Å². The van der Waals surface area contributed by atoms with E-state index in [0.29, 0.717) is 11.5 Å². The lowest BCUT2D eigenvalue weighted by Gasteiger charge is -2.35. The van der Waals surface area contributed by atoms with E-state index in [9.17, 15) is 0 Å². The number of hydrogen-bond donors (Lipinski definition) is 1. The second kappa shape index (κ2) is 6.03. The van der Waals surface area contributed by atoms with E-state index < -0.39 is 8.07 Å². The molecule has 112 valence electrons. The summed E-state index contributed by atoms with van der Waals surface area (Å²) in [6.07, 6.45) is 5.42. The van der Waals surface area contributed by atoms with Crippen molar-refractivity contribution in [3.63, 3.8) is 0 Å². The summed E-state index contributed by atoms with van der Waals surface area (Å²) in [5, 5.41) is 5.32. The number of nitrogens with one attached hydrogen (secondary N) is 1. The third kappa shape index (κ3) is 4.46. The van der Waals surface area contributed by atoms with Gasteiger partial charge in [-0.3, -0.25) is 0 Å². The highest BCUT2D eigenvalue weighted by molar-refractivity contribution is 6.88. The van der Waals surface area contributed by atoms with Crippen LogP contribution in [-0.2, 0) is 6.54 Å². The monoisotopic (exact) mass is 289 g/mol. The molecule has 0 amide bonds. The third-order valence-electron chi connectivity index (χ3n) is 4.62. The minimum absolute atomic E-state index is 0.525. The van der Waals surface area contributed by atoms with Gasteiger partial charge >= 0.3 is 0 Å². The van der Waals surface area contributed by atoms with Gasteiger partial charge in [-0.05, 0) is 30.2 Å². The minimum Gasteiger partial charge on any atom is -0.310 e. The maximum atomic E-state index is 3.76. The van der Waals surface area contributed by atoms with E-state index in [1.54, 1.807) is 5.19 Å². The first-order valence-electron chi connectivity index (χ1n) is 8.09. The summed E-state index contributed by atoms with van der Waals surface area (Å²) in [6, 6.07) is 10.0. The largest absolute Gasteiger partial charge is 0.310 e. The van der Waals surface area contributed by atoms with Gasteiger partial charge in [-0.25, -0.2) is 0 Å². The Morgan fingerprint density at radius 2 is 1.80 bits per heavy atom. The molecule has 1 N–H and O–H groups in total. The zero-order valence-corrected chi connectivity index (χ0v) is 14.9. The molecular weight excluding hydrogens is 258 g/mol. The van der Waals surface area contributed by atoms with Gasteiger partial charge in [0.25, 0.3) is 0 Å². The van der Waals surface area contributed by atoms with Crippen molar-refractivity contribution in [2.75, 3.05) is 0 Å². The van der Waals surface area contributed by atoms with E-state index in [1.807, 2.05) is 0 Å². The molecule has 0 bridgehead atoms. The number of benzene rings is 1. The van der Waals surface area contributed by atoms with Gasteiger partial charge in [-0.15, -0.1) is 0 Å². The lowest BCUT2D eigenvalue weighted by Crippen LogP contribution is -2.38. The van der Waals surface area contributed by atoms with E-state index in [-0.39, 0.29) is 0 Å². The fourth-order valence-electron chi connectivity index (χ4n) is 3.26. The van der Waals surface area contributed by atoms with Gasteiger partial charge in [0.2, 0.25) is 0 Å². The molecule has 1 fully saturated rings. The van der Waals surface area contributed by atoms with Gasteiger partial charge in [0.15, 0.2) is 0 Å². The Balaban J connectivity index is 1.88. The van der Waals surface area contributed by atoms with Crippen LogP contribution >= 0.6 is 0 Å². The number of hydrogen-bond acceptors (Lipinski definition) is 1. The fraction of sp³-hybridized carbons (Fsp3) is 0.667. The molecule has 1 aromatic rings.